The van der Waals surface area contributed by atoms with Crippen molar-refractivity contribution in [2.45, 2.75) is 6.61 Å². The number of para-hydroxylation sites is 1. The SMILES string of the molecule is O=c1[nH]cc(-c2ccncc2)n1-c1ccc(OCc2ccc3ccccc3n2)cc1. The minimum absolute atomic E-state index is 0.198. The van der Waals surface area contributed by atoms with Gasteiger partial charge in [0, 0.05) is 29.5 Å². The number of imidazole rings is 1. The van der Waals surface area contributed by atoms with E-state index in [1.165, 1.54) is 0 Å². The molecule has 0 atom stereocenters. The van der Waals surface area contributed by atoms with Gasteiger partial charge in [0.25, 0.3) is 0 Å². The molecule has 0 fully saturated rings. The lowest BCUT2D eigenvalue weighted by Crippen LogP contribution is -2.15. The number of benzene rings is 2. The first-order chi connectivity index (χ1) is 14.8. The van der Waals surface area contributed by atoms with Crippen LogP contribution in [-0.4, -0.2) is 19.5 Å². The summed E-state index contributed by atoms with van der Waals surface area (Å²) in [6.45, 7) is 0.372. The summed E-state index contributed by atoms with van der Waals surface area (Å²) in [6, 6.07) is 23.2. The first-order valence-electron chi connectivity index (χ1n) is 9.57. The van der Waals surface area contributed by atoms with E-state index in [1.54, 1.807) is 23.2 Å². The number of aromatic nitrogens is 4. The molecule has 30 heavy (non-hydrogen) atoms. The van der Waals surface area contributed by atoms with Crippen LogP contribution in [0.15, 0.2) is 96.2 Å². The molecule has 0 bridgehead atoms. The van der Waals surface area contributed by atoms with Crippen LogP contribution < -0.4 is 10.4 Å². The largest absolute Gasteiger partial charge is 0.487 e. The van der Waals surface area contributed by atoms with Crippen LogP contribution in [0, 0.1) is 0 Å². The average molecular weight is 394 g/mol. The molecule has 5 rings (SSSR count). The summed E-state index contributed by atoms with van der Waals surface area (Å²) < 4.78 is 7.52. The molecule has 0 aliphatic carbocycles. The van der Waals surface area contributed by atoms with Crippen LogP contribution in [0.5, 0.6) is 5.75 Å². The van der Waals surface area contributed by atoms with Crippen molar-refractivity contribution in [1.29, 1.82) is 0 Å². The molecule has 0 radical (unpaired) electrons. The third-order valence-electron chi connectivity index (χ3n) is 4.89. The van der Waals surface area contributed by atoms with E-state index in [0.29, 0.717) is 12.4 Å². The molecule has 1 N–H and O–H groups in total. The summed E-state index contributed by atoms with van der Waals surface area (Å²) in [5, 5.41) is 1.10. The van der Waals surface area contributed by atoms with Gasteiger partial charge in [-0.3, -0.25) is 9.55 Å². The van der Waals surface area contributed by atoms with Gasteiger partial charge in [0.1, 0.15) is 12.4 Å². The van der Waals surface area contributed by atoms with Gasteiger partial charge in [0.2, 0.25) is 0 Å². The quantitative estimate of drug-likeness (QED) is 0.481. The maximum Gasteiger partial charge on any atom is 0.330 e. The topological polar surface area (TPSA) is 72.8 Å². The summed E-state index contributed by atoms with van der Waals surface area (Å²) in [5.41, 5.74) is 4.05. The second-order valence-corrected chi connectivity index (χ2v) is 6.83. The minimum Gasteiger partial charge on any atom is -0.487 e. The minimum atomic E-state index is -0.198. The number of fused-ring (bicyclic) bond motifs is 1. The number of H-pyrrole nitrogens is 1. The first kappa shape index (κ1) is 17.9. The van der Waals surface area contributed by atoms with Crippen LogP contribution >= 0.6 is 0 Å². The van der Waals surface area contributed by atoms with Gasteiger partial charge in [-0.05, 0) is 48.5 Å². The maximum atomic E-state index is 12.4. The van der Waals surface area contributed by atoms with Gasteiger partial charge in [-0.25, -0.2) is 9.78 Å². The number of aromatic amines is 1. The predicted octanol–water partition coefficient (Wildman–Crippen LogP) is 4.35. The number of hydrogen-bond donors (Lipinski definition) is 1. The molecule has 2 aromatic carbocycles. The molecule has 0 spiro atoms. The molecule has 0 saturated heterocycles. The number of nitrogens with zero attached hydrogens (tertiary/aromatic N) is 3. The summed E-state index contributed by atoms with van der Waals surface area (Å²) >= 11 is 0. The van der Waals surface area contributed by atoms with E-state index in [9.17, 15) is 4.79 Å². The van der Waals surface area contributed by atoms with Crippen LogP contribution in [0.2, 0.25) is 0 Å². The van der Waals surface area contributed by atoms with Crippen molar-refractivity contribution in [1.82, 2.24) is 19.5 Å². The Bertz CT molecular complexity index is 1360. The smallest absolute Gasteiger partial charge is 0.330 e. The zero-order chi connectivity index (χ0) is 20.3. The molecule has 3 heterocycles. The third kappa shape index (κ3) is 3.46. The molecule has 146 valence electrons. The lowest BCUT2D eigenvalue weighted by Gasteiger charge is -2.10. The van der Waals surface area contributed by atoms with E-state index >= 15 is 0 Å². The van der Waals surface area contributed by atoms with Crippen molar-refractivity contribution >= 4 is 10.9 Å². The van der Waals surface area contributed by atoms with Crippen molar-refractivity contribution in [3.63, 3.8) is 0 Å². The Kier molecular flexibility index (Phi) is 4.57. The average Bonchev–Trinajstić information content (AvgIpc) is 3.20. The number of pyridine rings is 2. The van der Waals surface area contributed by atoms with Crippen molar-refractivity contribution in [3.8, 4) is 22.7 Å². The molecule has 6 heteroatoms. The molecule has 0 saturated carbocycles. The second kappa shape index (κ2) is 7.67. The summed E-state index contributed by atoms with van der Waals surface area (Å²) in [5.74, 6) is 0.711. The molecular formula is C24H18N4O2. The van der Waals surface area contributed by atoms with Crippen molar-refractivity contribution < 1.29 is 4.74 Å². The number of rotatable bonds is 5. The van der Waals surface area contributed by atoms with E-state index in [-0.39, 0.29) is 5.69 Å². The van der Waals surface area contributed by atoms with Crippen LogP contribution in [0.1, 0.15) is 5.69 Å². The summed E-state index contributed by atoms with van der Waals surface area (Å²) in [6.07, 6.45) is 5.11. The maximum absolute atomic E-state index is 12.4. The zero-order valence-electron chi connectivity index (χ0n) is 16.0. The zero-order valence-corrected chi connectivity index (χ0v) is 16.0. The number of nitrogens with one attached hydrogen (secondary N) is 1. The molecule has 5 aromatic rings. The predicted molar refractivity (Wildman–Crippen MR) is 116 cm³/mol. The van der Waals surface area contributed by atoms with E-state index < -0.39 is 0 Å². The van der Waals surface area contributed by atoms with Gasteiger partial charge >= 0.3 is 5.69 Å². The molecular weight excluding hydrogens is 376 g/mol. The third-order valence-corrected chi connectivity index (χ3v) is 4.89. The Morgan fingerprint density at radius 2 is 1.70 bits per heavy atom. The van der Waals surface area contributed by atoms with Gasteiger partial charge < -0.3 is 9.72 Å². The Balaban J connectivity index is 1.36. The number of hydrogen-bond acceptors (Lipinski definition) is 4. The van der Waals surface area contributed by atoms with Gasteiger partial charge in [0.15, 0.2) is 0 Å². The van der Waals surface area contributed by atoms with Gasteiger partial charge in [0.05, 0.1) is 22.6 Å². The fourth-order valence-electron chi connectivity index (χ4n) is 3.40. The van der Waals surface area contributed by atoms with Gasteiger partial charge in [-0.15, -0.1) is 0 Å². The highest BCUT2D eigenvalue weighted by atomic mass is 16.5. The van der Waals surface area contributed by atoms with Crippen molar-refractivity contribution in [3.05, 3.63) is 108 Å². The Labute approximate surface area is 172 Å². The lowest BCUT2D eigenvalue weighted by atomic mass is 10.2. The molecule has 0 amide bonds. The first-order valence-corrected chi connectivity index (χ1v) is 9.57. The summed E-state index contributed by atoms with van der Waals surface area (Å²) in [7, 11) is 0. The standard InChI is InChI=1S/C24H18N4O2/c29-24-26-15-23(18-11-13-25-14-12-18)28(24)20-7-9-21(10-8-20)30-16-19-6-5-17-3-1-2-4-22(17)27-19/h1-15H,16H2,(H,26,29). The van der Waals surface area contributed by atoms with Crippen LogP contribution in [-0.2, 0) is 6.61 Å². The van der Waals surface area contributed by atoms with E-state index in [2.05, 4.69) is 15.0 Å². The Morgan fingerprint density at radius 3 is 2.53 bits per heavy atom. The fourth-order valence-corrected chi connectivity index (χ4v) is 3.40. The lowest BCUT2D eigenvalue weighted by molar-refractivity contribution is 0.302. The highest BCUT2D eigenvalue weighted by Crippen LogP contribution is 2.22. The van der Waals surface area contributed by atoms with E-state index in [1.807, 2.05) is 72.8 Å². The van der Waals surface area contributed by atoms with Crippen molar-refractivity contribution in [2.24, 2.45) is 0 Å². The molecule has 0 aliphatic rings. The van der Waals surface area contributed by atoms with Crippen LogP contribution in [0.3, 0.4) is 0 Å². The summed E-state index contributed by atoms with van der Waals surface area (Å²) in [4.78, 5) is 23.8. The van der Waals surface area contributed by atoms with Gasteiger partial charge in [-0.1, -0.05) is 24.3 Å². The van der Waals surface area contributed by atoms with Crippen LogP contribution in [0.25, 0.3) is 27.8 Å². The monoisotopic (exact) mass is 394 g/mol. The van der Waals surface area contributed by atoms with Gasteiger partial charge in [-0.2, -0.15) is 0 Å². The highest BCUT2D eigenvalue weighted by Gasteiger charge is 2.10. The molecule has 0 aliphatic heterocycles. The van der Waals surface area contributed by atoms with Crippen LogP contribution in [0.4, 0.5) is 0 Å². The highest BCUT2D eigenvalue weighted by molar-refractivity contribution is 5.78. The Morgan fingerprint density at radius 1 is 0.900 bits per heavy atom. The fraction of sp³-hybridized carbons (Fsp3) is 0.0417. The normalized spacial score (nSPS) is 10.9. The number of ether oxygens (including phenoxy) is 1. The van der Waals surface area contributed by atoms with E-state index in [4.69, 9.17) is 4.74 Å². The molecule has 0 unspecified atom stereocenters. The Hall–Kier alpha value is -4.19. The second-order valence-electron chi connectivity index (χ2n) is 6.83. The molecule has 3 aromatic heterocycles. The van der Waals surface area contributed by atoms with E-state index in [0.717, 1.165) is 33.5 Å². The molecule has 6 nitrogen and oxygen atoms in total. The van der Waals surface area contributed by atoms with Crippen molar-refractivity contribution in [2.75, 3.05) is 0 Å².